The van der Waals surface area contributed by atoms with Crippen molar-refractivity contribution in [1.82, 2.24) is 28.2 Å². The van der Waals surface area contributed by atoms with Crippen molar-refractivity contribution in [1.29, 1.82) is 0 Å². The minimum atomic E-state index is 0. The Morgan fingerprint density at radius 3 is 1.17 bits per heavy atom. The van der Waals surface area contributed by atoms with Crippen molar-refractivity contribution < 1.29 is 9.13 Å². The molecule has 0 saturated carbocycles. The number of imidazole rings is 4. The number of nitrogens with zero attached hydrogens (tertiary/aromatic N) is 8. The molecule has 0 bridgehead atoms. The highest BCUT2D eigenvalue weighted by molar-refractivity contribution is 14.1. The van der Waals surface area contributed by atoms with Crippen LogP contribution in [0.1, 0.15) is 7.43 Å². The third-order valence-electron chi connectivity index (χ3n) is 9.30. The molecule has 0 spiro atoms. The molecule has 0 aliphatic rings. The minimum absolute atomic E-state index is 0. The Kier molecular flexibility index (Phi) is 10.2. The van der Waals surface area contributed by atoms with Crippen LogP contribution >= 0.6 is 22.6 Å². The van der Waals surface area contributed by atoms with Crippen molar-refractivity contribution in [3.8, 4) is 22.7 Å². The maximum Gasteiger partial charge on any atom is 0.249 e. The number of hydrogen-bond donors (Lipinski definition) is 0. The minimum Gasteiger partial charge on any atom is -0.299 e. The molecule has 9 heteroatoms. The molecule has 6 aromatic carbocycles. The number of benzene rings is 6. The van der Waals surface area contributed by atoms with E-state index in [1.807, 2.05) is 54.0 Å². The molecular weight excluding hydrogens is 767 g/mol. The average molecular weight is 809 g/mol. The maximum atomic E-state index is 4.48. The fourth-order valence-corrected chi connectivity index (χ4v) is 6.85. The van der Waals surface area contributed by atoms with E-state index in [9.17, 15) is 0 Å². The summed E-state index contributed by atoms with van der Waals surface area (Å²) in [7, 11) is 4.17. The molecule has 0 fully saturated rings. The van der Waals surface area contributed by atoms with Crippen molar-refractivity contribution >= 4 is 66.7 Å². The molecular formula is C44H41IN8+2. The summed E-state index contributed by atoms with van der Waals surface area (Å²) < 4.78 is 13.0. The molecule has 0 amide bonds. The van der Waals surface area contributed by atoms with Crippen LogP contribution in [0.2, 0.25) is 0 Å². The Morgan fingerprint density at radius 1 is 0.415 bits per heavy atom. The Balaban J connectivity index is 0.000000155. The number of rotatable bonds is 4. The van der Waals surface area contributed by atoms with Crippen molar-refractivity contribution in [2.75, 3.05) is 4.93 Å². The van der Waals surface area contributed by atoms with Gasteiger partial charge in [-0.3, -0.25) is 9.13 Å². The van der Waals surface area contributed by atoms with E-state index in [1.54, 1.807) is 0 Å². The van der Waals surface area contributed by atoms with E-state index in [4.69, 9.17) is 0 Å². The van der Waals surface area contributed by atoms with Crippen LogP contribution in [-0.4, -0.2) is 33.2 Å². The molecule has 10 aromatic rings. The number of alkyl halides is 1. The first-order valence-electron chi connectivity index (χ1n) is 17.0. The first-order chi connectivity index (χ1) is 25.6. The van der Waals surface area contributed by atoms with Gasteiger partial charge in [-0.1, -0.05) is 90.7 Å². The van der Waals surface area contributed by atoms with E-state index in [0.29, 0.717) is 0 Å². The van der Waals surface area contributed by atoms with Crippen molar-refractivity contribution in [2.45, 2.75) is 7.43 Å². The Morgan fingerprint density at radius 2 is 0.755 bits per heavy atom. The monoisotopic (exact) mass is 808 g/mol. The summed E-state index contributed by atoms with van der Waals surface area (Å²) in [5.41, 5.74) is 13.5. The lowest BCUT2D eigenvalue weighted by Crippen LogP contribution is -2.25. The summed E-state index contributed by atoms with van der Waals surface area (Å²) in [6.45, 7) is 0. The Labute approximate surface area is 322 Å². The highest BCUT2D eigenvalue weighted by Crippen LogP contribution is 2.24. The largest absolute Gasteiger partial charge is 0.299 e. The van der Waals surface area contributed by atoms with Gasteiger partial charge >= 0.3 is 0 Å². The second kappa shape index (κ2) is 15.3. The molecule has 0 N–H and O–H groups in total. The van der Waals surface area contributed by atoms with Crippen LogP contribution in [0.3, 0.4) is 0 Å². The van der Waals surface area contributed by atoms with Crippen LogP contribution in [-0.2, 0) is 14.1 Å². The standard InChI is InChI=1S/C22H20N4.C20H14N4.CH3I.CH4/c1-23-15-25(21-12-5-3-10-19(21)23)17-8-7-9-18(14-17)26-16-24(2)20-11-4-6-13-22(20)26;1-3-10-19-17(8-1)21-13-23(19)15-6-5-7-16(12-15)24-14-22-18-9-2-4-11-20(18)24;1-2;/h3-16H,1-2H3;1-14H;1H3;1H4/q+2;;;. The smallest absolute Gasteiger partial charge is 0.249 e. The van der Waals surface area contributed by atoms with Gasteiger partial charge < -0.3 is 0 Å². The topological polar surface area (TPSA) is 53.3 Å². The van der Waals surface area contributed by atoms with E-state index in [2.05, 4.69) is 196 Å². The molecule has 0 saturated heterocycles. The van der Waals surface area contributed by atoms with Crippen LogP contribution in [0.5, 0.6) is 0 Å². The lowest BCUT2D eigenvalue weighted by molar-refractivity contribution is -0.645. The van der Waals surface area contributed by atoms with Gasteiger partial charge in [-0.05, 0) is 83.8 Å². The van der Waals surface area contributed by atoms with Gasteiger partial charge in [0.2, 0.25) is 12.7 Å². The summed E-state index contributed by atoms with van der Waals surface area (Å²) in [6, 6.07) is 50.3. The van der Waals surface area contributed by atoms with Crippen LogP contribution < -0.4 is 9.13 Å². The third-order valence-corrected chi connectivity index (χ3v) is 9.30. The van der Waals surface area contributed by atoms with Crippen LogP contribution in [0.15, 0.2) is 171 Å². The molecule has 4 heterocycles. The average Bonchev–Trinajstić information content (AvgIpc) is 4.00. The van der Waals surface area contributed by atoms with Crippen molar-refractivity contribution in [2.24, 2.45) is 14.1 Å². The van der Waals surface area contributed by atoms with Crippen molar-refractivity contribution in [3.05, 3.63) is 171 Å². The van der Waals surface area contributed by atoms with Gasteiger partial charge in [-0.15, -0.1) is 0 Å². The normalized spacial score (nSPS) is 10.9. The lowest BCUT2D eigenvalue weighted by atomic mass is 10.2. The summed E-state index contributed by atoms with van der Waals surface area (Å²) in [6.07, 6.45) is 8.01. The first kappa shape index (κ1) is 35.3. The van der Waals surface area contributed by atoms with Crippen molar-refractivity contribution in [3.63, 3.8) is 0 Å². The third kappa shape index (κ3) is 6.60. The number of halogens is 1. The second-order valence-corrected chi connectivity index (χ2v) is 12.4. The number of aromatic nitrogens is 8. The fraction of sp³-hybridized carbons (Fsp3) is 0.0909. The fourth-order valence-electron chi connectivity index (χ4n) is 6.85. The number of hydrogen-bond acceptors (Lipinski definition) is 2. The summed E-state index contributed by atoms with van der Waals surface area (Å²) in [5.74, 6) is 0. The zero-order chi connectivity index (χ0) is 35.6. The van der Waals surface area contributed by atoms with E-state index in [-0.39, 0.29) is 7.43 Å². The maximum absolute atomic E-state index is 4.48. The zero-order valence-electron chi connectivity index (χ0n) is 29.1. The van der Waals surface area contributed by atoms with Gasteiger partial charge in [0.15, 0.2) is 22.1 Å². The molecule has 0 atom stereocenters. The summed E-state index contributed by atoms with van der Waals surface area (Å²) >= 11 is 2.15. The molecule has 10 rings (SSSR count). The number of para-hydroxylation sites is 8. The van der Waals surface area contributed by atoms with Crippen LogP contribution in [0.4, 0.5) is 0 Å². The number of fused-ring (bicyclic) bond motifs is 4. The Hall–Kier alpha value is -6.07. The van der Waals surface area contributed by atoms with Crippen LogP contribution in [0, 0.1) is 0 Å². The predicted molar refractivity (Wildman–Crippen MR) is 225 cm³/mol. The lowest BCUT2D eigenvalue weighted by Gasteiger charge is -2.09. The van der Waals surface area contributed by atoms with E-state index >= 15 is 0 Å². The van der Waals surface area contributed by atoms with Gasteiger partial charge in [0, 0.05) is 17.4 Å². The molecule has 262 valence electrons. The molecule has 0 radical (unpaired) electrons. The van der Waals surface area contributed by atoms with Gasteiger partial charge in [0.05, 0.1) is 36.2 Å². The Bertz CT molecular complexity index is 2640. The molecule has 0 aliphatic carbocycles. The van der Waals surface area contributed by atoms with Gasteiger partial charge in [-0.2, -0.15) is 9.13 Å². The predicted octanol–water partition coefficient (Wildman–Crippen LogP) is 9.28. The highest BCUT2D eigenvalue weighted by atomic mass is 127. The van der Waals surface area contributed by atoms with E-state index < -0.39 is 0 Å². The quantitative estimate of drug-likeness (QED) is 0.101. The SMILES string of the molecule is C.CI.C[n+]1cn(-c2cccc(-n3c[n+](C)c4ccccc43)c2)c2ccccc21.c1cc(-n2cnc3ccccc32)cc(-n2cnc3ccccc32)c1. The second-order valence-electron chi connectivity index (χ2n) is 12.4. The molecule has 8 nitrogen and oxygen atoms in total. The zero-order valence-corrected chi connectivity index (χ0v) is 31.3. The van der Waals surface area contributed by atoms with Gasteiger partial charge in [0.25, 0.3) is 0 Å². The highest BCUT2D eigenvalue weighted by Gasteiger charge is 2.18. The molecule has 0 aliphatic heterocycles. The van der Waals surface area contributed by atoms with Crippen LogP contribution in [0.25, 0.3) is 66.9 Å². The first-order valence-corrected chi connectivity index (χ1v) is 19.1. The molecule has 53 heavy (non-hydrogen) atoms. The number of aryl methyl sites for hydroxylation is 2. The molecule has 0 unspecified atom stereocenters. The van der Waals surface area contributed by atoms with E-state index in [0.717, 1.165) is 44.8 Å². The van der Waals surface area contributed by atoms with E-state index in [1.165, 1.54) is 22.1 Å². The molecule has 4 aromatic heterocycles. The van der Waals surface area contributed by atoms with Gasteiger partial charge in [-0.25, -0.2) is 19.1 Å². The summed E-state index contributed by atoms with van der Waals surface area (Å²) in [4.78, 5) is 10.9. The summed E-state index contributed by atoms with van der Waals surface area (Å²) in [5, 5.41) is 0. The van der Waals surface area contributed by atoms with Gasteiger partial charge in [0.1, 0.15) is 24.0 Å².